The molecule has 0 atom stereocenters. The molecule has 0 aliphatic carbocycles. The minimum Gasteiger partial charge on any atom is -0.478 e. The zero-order valence-electron chi connectivity index (χ0n) is 10.2. The topological polar surface area (TPSA) is 127 Å². The summed E-state index contributed by atoms with van der Waals surface area (Å²) >= 11 is 0. The van der Waals surface area contributed by atoms with Crippen LogP contribution in [-0.4, -0.2) is 35.0 Å². The smallest absolute Gasteiger partial charge is 0.335 e. The molecule has 3 N–H and O–H groups in total. The van der Waals surface area contributed by atoms with E-state index in [9.17, 15) is 19.7 Å². The first-order valence-electron chi connectivity index (χ1n) is 5.41. The number of rotatable bonds is 6. The van der Waals surface area contributed by atoms with Crippen LogP contribution in [0.25, 0.3) is 0 Å². The van der Waals surface area contributed by atoms with Crippen molar-refractivity contribution in [3.05, 3.63) is 33.9 Å². The van der Waals surface area contributed by atoms with E-state index in [2.05, 4.69) is 0 Å². The molecule has 0 saturated heterocycles. The maximum atomic E-state index is 11.0. The lowest BCUT2D eigenvalue weighted by Crippen LogP contribution is -2.34. The number of nitrogens with two attached hydrogens (primary N) is 1. The van der Waals surface area contributed by atoms with E-state index in [1.54, 1.807) is 6.92 Å². The summed E-state index contributed by atoms with van der Waals surface area (Å²) in [5, 5.41) is 19.8. The van der Waals surface area contributed by atoms with Gasteiger partial charge in [-0.1, -0.05) is 0 Å². The summed E-state index contributed by atoms with van der Waals surface area (Å²) in [6.45, 7) is 1.86. The second-order valence-electron chi connectivity index (χ2n) is 3.75. The van der Waals surface area contributed by atoms with Crippen LogP contribution in [-0.2, 0) is 4.79 Å². The largest absolute Gasteiger partial charge is 0.478 e. The summed E-state index contributed by atoms with van der Waals surface area (Å²) < 4.78 is 0. The van der Waals surface area contributed by atoms with E-state index in [0.717, 1.165) is 6.07 Å². The molecule has 0 saturated carbocycles. The highest BCUT2D eigenvalue weighted by atomic mass is 16.6. The fraction of sp³-hybridized carbons (Fsp3) is 0.273. The molecule has 0 aliphatic rings. The predicted molar refractivity (Wildman–Crippen MR) is 67.1 cm³/mol. The Bertz CT molecular complexity index is 529. The van der Waals surface area contributed by atoms with E-state index in [4.69, 9.17) is 10.8 Å². The van der Waals surface area contributed by atoms with Gasteiger partial charge < -0.3 is 15.7 Å². The third-order valence-corrected chi connectivity index (χ3v) is 2.49. The van der Waals surface area contributed by atoms with Gasteiger partial charge in [-0.2, -0.15) is 0 Å². The minimum atomic E-state index is -1.26. The van der Waals surface area contributed by atoms with Gasteiger partial charge in [0, 0.05) is 12.6 Å². The van der Waals surface area contributed by atoms with Crippen molar-refractivity contribution in [1.82, 2.24) is 0 Å². The van der Waals surface area contributed by atoms with Gasteiger partial charge in [-0.3, -0.25) is 14.9 Å². The highest BCUT2D eigenvalue weighted by Crippen LogP contribution is 2.29. The van der Waals surface area contributed by atoms with E-state index in [0.29, 0.717) is 6.54 Å². The van der Waals surface area contributed by atoms with Crippen LogP contribution in [0.15, 0.2) is 18.2 Å². The number of hydrogen-bond donors (Lipinski definition) is 2. The second kappa shape index (κ2) is 5.80. The van der Waals surface area contributed by atoms with Gasteiger partial charge in [-0.25, -0.2) is 4.79 Å². The average molecular weight is 267 g/mol. The lowest BCUT2D eigenvalue weighted by molar-refractivity contribution is -0.384. The van der Waals surface area contributed by atoms with E-state index >= 15 is 0 Å². The summed E-state index contributed by atoms with van der Waals surface area (Å²) in [5.41, 5.74) is 4.67. The van der Waals surface area contributed by atoms with Gasteiger partial charge in [0.05, 0.1) is 17.0 Å². The molecule has 1 amide bonds. The first-order valence-corrected chi connectivity index (χ1v) is 5.41. The van der Waals surface area contributed by atoms with Crippen molar-refractivity contribution in [2.24, 2.45) is 5.73 Å². The summed E-state index contributed by atoms with van der Waals surface area (Å²) in [6, 6.07) is 3.50. The molecule has 8 heteroatoms. The first-order chi connectivity index (χ1) is 8.86. The van der Waals surface area contributed by atoms with Crippen LogP contribution >= 0.6 is 0 Å². The van der Waals surface area contributed by atoms with Crippen LogP contribution in [0.4, 0.5) is 11.4 Å². The van der Waals surface area contributed by atoms with Gasteiger partial charge >= 0.3 is 5.97 Å². The highest BCUT2D eigenvalue weighted by Gasteiger charge is 2.21. The Morgan fingerprint density at radius 2 is 2.11 bits per heavy atom. The highest BCUT2D eigenvalue weighted by molar-refractivity contribution is 5.90. The first kappa shape index (κ1) is 14.4. The molecule has 0 heterocycles. The molecule has 0 bridgehead atoms. The third kappa shape index (κ3) is 3.41. The van der Waals surface area contributed by atoms with Crippen LogP contribution in [0.2, 0.25) is 0 Å². The fourth-order valence-corrected chi connectivity index (χ4v) is 1.63. The number of carboxylic acids is 1. The molecule has 1 aromatic rings. The van der Waals surface area contributed by atoms with Crippen molar-refractivity contribution in [2.45, 2.75) is 6.92 Å². The van der Waals surface area contributed by atoms with E-state index < -0.39 is 16.8 Å². The fourth-order valence-electron chi connectivity index (χ4n) is 1.63. The number of nitrogens with zero attached hydrogens (tertiary/aromatic N) is 2. The zero-order valence-corrected chi connectivity index (χ0v) is 10.2. The van der Waals surface area contributed by atoms with E-state index in [1.807, 2.05) is 0 Å². The lowest BCUT2D eigenvalue weighted by atomic mass is 10.1. The van der Waals surface area contributed by atoms with Crippen molar-refractivity contribution in [3.8, 4) is 0 Å². The number of nitro benzene ring substituents is 1. The Morgan fingerprint density at radius 1 is 1.47 bits per heavy atom. The number of primary amides is 1. The number of carboxylic acid groups (broad SMARTS) is 1. The molecule has 0 unspecified atom stereocenters. The van der Waals surface area contributed by atoms with Gasteiger partial charge in [-0.05, 0) is 19.1 Å². The molecule has 0 aliphatic heterocycles. The number of carbonyl (C=O) groups is 2. The van der Waals surface area contributed by atoms with Crippen molar-refractivity contribution in [2.75, 3.05) is 18.0 Å². The number of benzene rings is 1. The Morgan fingerprint density at radius 3 is 2.53 bits per heavy atom. The second-order valence-corrected chi connectivity index (χ2v) is 3.75. The SMILES string of the molecule is CCN(CC(N)=O)c1ccc(C(=O)O)cc1[N+](=O)[O-]. The predicted octanol–water partition coefficient (Wildman–Crippen LogP) is 0.605. The van der Waals surface area contributed by atoms with Gasteiger partial charge in [0.15, 0.2) is 0 Å². The third-order valence-electron chi connectivity index (χ3n) is 2.49. The average Bonchev–Trinajstić information content (AvgIpc) is 2.34. The van der Waals surface area contributed by atoms with E-state index in [-0.39, 0.29) is 23.5 Å². The monoisotopic (exact) mass is 267 g/mol. The lowest BCUT2D eigenvalue weighted by Gasteiger charge is -2.21. The molecule has 0 radical (unpaired) electrons. The molecule has 0 spiro atoms. The standard InChI is InChI=1S/C11H13N3O5/c1-2-13(6-10(12)15)8-4-3-7(11(16)17)5-9(8)14(18)19/h3-5H,2,6H2,1H3,(H2,12,15)(H,16,17). The Labute approximate surface area is 108 Å². The quantitative estimate of drug-likeness (QED) is 0.574. The number of carbonyl (C=O) groups excluding carboxylic acids is 1. The minimum absolute atomic E-state index is 0.163. The number of anilines is 1. The molecule has 0 fully saturated rings. The normalized spacial score (nSPS) is 9.95. The summed E-state index contributed by atoms with van der Waals surface area (Å²) in [5.74, 6) is -1.88. The molecule has 8 nitrogen and oxygen atoms in total. The Kier molecular flexibility index (Phi) is 4.41. The maximum absolute atomic E-state index is 11.0. The molecule has 1 aromatic carbocycles. The molecular formula is C11H13N3O5. The van der Waals surface area contributed by atoms with Gasteiger partial charge in [-0.15, -0.1) is 0 Å². The Balaban J connectivity index is 3.29. The molecule has 1 rings (SSSR count). The van der Waals surface area contributed by atoms with Crippen LogP contribution in [0.5, 0.6) is 0 Å². The van der Waals surface area contributed by atoms with Gasteiger partial charge in [0.25, 0.3) is 5.69 Å². The summed E-state index contributed by atoms with van der Waals surface area (Å²) in [7, 11) is 0. The van der Waals surface area contributed by atoms with Crippen molar-refractivity contribution in [1.29, 1.82) is 0 Å². The van der Waals surface area contributed by atoms with Crippen LogP contribution < -0.4 is 10.6 Å². The summed E-state index contributed by atoms with van der Waals surface area (Å²) in [4.78, 5) is 33.4. The zero-order chi connectivity index (χ0) is 14.6. The summed E-state index contributed by atoms with van der Waals surface area (Å²) in [6.07, 6.45) is 0. The Hall–Kier alpha value is -2.64. The molecule has 102 valence electrons. The van der Waals surface area contributed by atoms with Crippen LogP contribution in [0.1, 0.15) is 17.3 Å². The van der Waals surface area contributed by atoms with E-state index in [1.165, 1.54) is 17.0 Å². The number of hydrogen-bond acceptors (Lipinski definition) is 5. The van der Waals surface area contributed by atoms with Crippen molar-refractivity contribution < 1.29 is 19.6 Å². The number of amides is 1. The molecule has 0 aromatic heterocycles. The molecule has 19 heavy (non-hydrogen) atoms. The van der Waals surface area contributed by atoms with Gasteiger partial charge in [0.2, 0.25) is 5.91 Å². The maximum Gasteiger partial charge on any atom is 0.335 e. The van der Waals surface area contributed by atoms with Crippen LogP contribution in [0, 0.1) is 10.1 Å². The number of nitro groups is 1. The van der Waals surface area contributed by atoms with Crippen molar-refractivity contribution in [3.63, 3.8) is 0 Å². The molecular weight excluding hydrogens is 254 g/mol. The number of aromatic carboxylic acids is 1. The van der Waals surface area contributed by atoms with Crippen molar-refractivity contribution >= 4 is 23.3 Å². The van der Waals surface area contributed by atoms with Crippen LogP contribution in [0.3, 0.4) is 0 Å². The number of likely N-dealkylation sites (N-methyl/N-ethyl adjacent to an activating group) is 1. The van der Waals surface area contributed by atoms with Gasteiger partial charge in [0.1, 0.15) is 5.69 Å².